The lowest BCUT2D eigenvalue weighted by molar-refractivity contribution is -0.121. The van der Waals surface area contributed by atoms with Gasteiger partial charge in [0.05, 0.1) is 23.5 Å². The highest BCUT2D eigenvalue weighted by atomic mass is 19.1. The highest BCUT2D eigenvalue weighted by Crippen LogP contribution is 2.22. The third-order valence-electron chi connectivity index (χ3n) is 5.98. The zero-order valence-corrected chi connectivity index (χ0v) is 17.9. The third kappa shape index (κ3) is 4.27. The van der Waals surface area contributed by atoms with Crippen LogP contribution in [-0.4, -0.2) is 43.4 Å². The van der Waals surface area contributed by atoms with Crippen molar-refractivity contribution in [3.8, 4) is 5.69 Å². The molecule has 2 N–H and O–H groups in total. The molecule has 2 aromatic heterocycles. The van der Waals surface area contributed by atoms with Gasteiger partial charge < -0.3 is 14.9 Å². The second kappa shape index (κ2) is 8.55. The Morgan fingerprint density at radius 2 is 2.09 bits per heavy atom. The number of nitrogens with zero attached hydrogens (tertiary/aromatic N) is 4. The molecular formula is C24H25FN6O. The minimum atomic E-state index is -0.282. The van der Waals surface area contributed by atoms with Crippen molar-refractivity contribution in [3.63, 3.8) is 0 Å². The van der Waals surface area contributed by atoms with E-state index in [-0.39, 0.29) is 17.6 Å². The minimum Gasteiger partial charge on any atom is -0.341 e. The summed E-state index contributed by atoms with van der Waals surface area (Å²) in [5.41, 5.74) is 3.24. The number of aromatic amines is 1. The maximum absolute atomic E-state index is 13.4. The normalized spacial score (nSPS) is 17.0. The molecule has 5 rings (SSSR count). The van der Waals surface area contributed by atoms with E-state index >= 15 is 0 Å². The van der Waals surface area contributed by atoms with Gasteiger partial charge in [0.15, 0.2) is 0 Å². The summed E-state index contributed by atoms with van der Waals surface area (Å²) in [6, 6.07) is 12.3. The molecule has 0 bridgehead atoms. The number of piperidine rings is 1. The van der Waals surface area contributed by atoms with Crippen LogP contribution in [0.1, 0.15) is 24.5 Å². The van der Waals surface area contributed by atoms with E-state index in [0.29, 0.717) is 18.6 Å². The van der Waals surface area contributed by atoms with Crippen LogP contribution in [0, 0.1) is 18.7 Å². The van der Waals surface area contributed by atoms with Crippen molar-refractivity contribution in [2.75, 3.05) is 18.4 Å². The molecule has 0 aliphatic carbocycles. The van der Waals surface area contributed by atoms with Crippen molar-refractivity contribution >= 4 is 22.6 Å². The summed E-state index contributed by atoms with van der Waals surface area (Å²) in [7, 11) is 0. The summed E-state index contributed by atoms with van der Waals surface area (Å²) in [5, 5.41) is 3.06. The largest absolute Gasteiger partial charge is 0.341 e. The number of carbonyl (C=O) groups is 1. The highest BCUT2D eigenvalue weighted by Gasteiger charge is 2.26. The van der Waals surface area contributed by atoms with Crippen molar-refractivity contribution in [2.45, 2.75) is 26.3 Å². The SMILES string of the molecule is Cc1nccn1-c1ccc(NC(=O)[C@@H]2CCCN(Cc3nc4ccc(F)cc4[nH]3)C2)cc1. The first kappa shape index (κ1) is 20.4. The van der Waals surface area contributed by atoms with E-state index in [4.69, 9.17) is 0 Å². The van der Waals surface area contributed by atoms with Gasteiger partial charge in [0.25, 0.3) is 0 Å². The molecule has 1 atom stereocenters. The lowest BCUT2D eigenvalue weighted by atomic mass is 9.97. The van der Waals surface area contributed by atoms with Gasteiger partial charge in [-0.3, -0.25) is 9.69 Å². The minimum absolute atomic E-state index is 0.0351. The Kier molecular flexibility index (Phi) is 5.45. The van der Waals surface area contributed by atoms with E-state index in [1.54, 1.807) is 12.3 Å². The molecule has 1 saturated heterocycles. The molecular weight excluding hydrogens is 407 g/mol. The molecule has 0 unspecified atom stereocenters. The van der Waals surface area contributed by atoms with Crippen LogP contribution in [0.25, 0.3) is 16.7 Å². The molecule has 8 heteroatoms. The number of H-pyrrole nitrogens is 1. The molecule has 3 heterocycles. The number of hydrogen-bond donors (Lipinski definition) is 2. The van der Waals surface area contributed by atoms with E-state index in [1.165, 1.54) is 12.1 Å². The monoisotopic (exact) mass is 432 g/mol. The third-order valence-corrected chi connectivity index (χ3v) is 5.98. The van der Waals surface area contributed by atoms with Gasteiger partial charge in [0, 0.05) is 30.3 Å². The number of likely N-dealkylation sites (tertiary alicyclic amines) is 1. The van der Waals surface area contributed by atoms with Gasteiger partial charge in [-0.25, -0.2) is 14.4 Å². The van der Waals surface area contributed by atoms with Gasteiger partial charge in [0.2, 0.25) is 5.91 Å². The second-order valence-corrected chi connectivity index (χ2v) is 8.30. The Bertz CT molecular complexity index is 1250. The van der Waals surface area contributed by atoms with Crippen LogP contribution in [0.3, 0.4) is 0 Å². The Labute approximate surface area is 185 Å². The number of nitrogens with one attached hydrogen (secondary N) is 2. The van der Waals surface area contributed by atoms with Crippen LogP contribution in [0.15, 0.2) is 54.9 Å². The van der Waals surface area contributed by atoms with Gasteiger partial charge in [-0.1, -0.05) is 0 Å². The number of anilines is 1. The average Bonchev–Trinajstić information content (AvgIpc) is 3.39. The highest BCUT2D eigenvalue weighted by molar-refractivity contribution is 5.92. The fourth-order valence-electron chi connectivity index (χ4n) is 4.34. The van der Waals surface area contributed by atoms with Crippen molar-refractivity contribution in [1.82, 2.24) is 24.4 Å². The lowest BCUT2D eigenvalue weighted by Gasteiger charge is -2.31. The van der Waals surface area contributed by atoms with Gasteiger partial charge in [0.1, 0.15) is 17.5 Å². The Balaban J connectivity index is 1.21. The van der Waals surface area contributed by atoms with Crippen LogP contribution in [-0.2, 0) is 11.3 Å². The summed E-state index contributed by atoms with van der Waals surface area (Å²) in [6.45, 7) is 4.14. The van der Waals surface area contributed by atoms with Crippen LogP contribution < -0.4 is 5.32 Å². The summed E-state index contributed by atoms with van der Waals surface area (Å²) in [4.78, 5) is 27.1. The summed E-state index contributed by atoms with van der Waals surface area (Å²) < 4.78 is 15.4. The van der Waals surface area contributed by atoms with E-state index in [1.807, 2.05) is 42.0 Å². The van der Waals surface area contributed by atoms with Gasteiger partial charge in [-0.2, -0.15) is 0 Å². The standard InChI is InChI=1S/C24H25FN6O/c1-16-26-10-12-31(16)20-7-5-19(6-8-20)27-24(32)17-3-2-11-30(14-17)15-23-28-21-9-4-18(25)13-22(21)29-23/h4-10,12-13,17H,2-3,11,14-15H2,1H3,(H,27,32)(H,28,29)/t17-/m1/s1. The molecule has 2 aromatic carbocycles. The van der Waals surface area contributed by atoms with E-state index in [0.717, 1.165) is 47.9 Å². The molecule has 0 radical (unpaired) electrons. The summed E-state index contributed by atoms with van der Waals surface area (Å²) in [5.74, 6) is 1.38. The van der Waals surface area contributed by atoms with Crippen LogP contribution in [0.5, 0.6) is 0 Å². The topological polar surface area (TPSA) is 78.8 Å². The molecule has 32 heavy (non-hydrogen) atoms. The smallest absolute Gasteiger partial charge is 0.228 e. The molecule has 1 amide bonds. The fourth-order valence-corrected chi connectivity index (χ4v) is 4.34. The summed E-state index contributed by atoms with van der Waals surface area (Å²) in [6.07, 6.45) is 5.49. The fraction of sp³-hybridized carbons (Fsp3) is 0.292. The molecule has 0 saturated carbocycles. The average molecular weight is 433 g/mol. The van der Waals surface area contributed by atoms with Crippen LogP contribution in [0.2, 0.25) is 0 Å². The molecule has 1 aliphatic rings. The number of amides is 1. The van der Waals surface area contributed by atoms with Crippen molar-refractivity contribution in [1.29, 1.82) is 0 Å². The first-order valence-electron chi connectivity index (χ1n) is 10.8. The van der Waals surface area contributed by atoms with Crippen molar-refractivity contribution in [2.24, 2.45) is 5.92 Å². The number of hydrogen-bond acceptors (Lipinski definition) is 4. The second-order valence-electron chi connectivity index (χ2n) is 8.30. The first-order chi connectivity index (χ1) is 15.5. The van der Waals surface area contributed by atoms with Crippen molar-refractivity contribution in [3.05, 3.63) is 72.3 Å². The molecule has 4 aromatic rings. The molecule has 0 spiro atoms. The maximum Gasteiger partial charge on any atom is 0.228 e. The van der Waals surface area contributed by atoms with Crippen LogP contribution in [0.4, 0.5) is 10.1 Å². The predicted molar refractivity (Wildman–Crippen MR) is 121 cm³/mol. The van der Waals surface area contributed by atoms with Gasteiger partial charge in [-0.15, -0.1) is 0 Å². The van der Waals surface area contributed by atoms with E-state index in [9.17, 15) is 9.18 Å². The van der Waals surface area contributed by atoms with Gasteiger partial charge >= 0.3 is 0 Å². The zero-order chi connectivity index (χ0) is 22.1. The number of aryl methyl sites for hydroxylation is 1. The number of benzene rings is 2. The number of aromatic nitrogens is 4. The van der Waals surface area contributed by atoms with Crippen LogP contribution >= 0.6 is 0 Å². The lowest BCUT2D eigenvalue weighted by Crippen LogP contribution is -2.40. The number of imidazole rings is 2. The quantitative estimate of drug-likeness (QED) is 0.499. The molecule has 1 aliphatic heterocycles. The Hall–Kier alpha value is -3.52. The number of carbonyl (C=O) groups excluding carboxylic acids is 1. The number of fused-ring (bicyclic) bond motifs is 1. The Morgan fingerprint density at radius 3 is 2.88 bits per heavy atom. The summed E-state index contributed by atoms with van der Waals surface area (Å²) >= 11 is 0. The number of rotatable bonds is 5. The maximum atomic E-state index is 13.4. The predicted octanol–water partition coefficient (Wildman–Crippen LogP) is 4.05. The van der Waals surface area contributed by atoms with Gasteiger partial charge in [-0.05, 0) is 68.8 Å². The van der Waals surface area contributed by atoms with Crippen molar-refractivity contribution < 1.29 is 9.18 Å². The zero-order valence-electron chi connectivity index (χ0n) is 17.9. The van der Waals surface area contributed by atoms with E-state index < -0.39 is 0 Å². The Morgan fingerprint density at radius 1 is 1.25 bits per heavy atom. The van der Waals surface area contributed by atoms with E-state index in [2.05, 4.69) is 25.2 Å². The molecule has 164 valence electrons. The first-order valence-corrected chi connectivity index (χ1v) is 10.8. The molecule has 1 fully saturated rings. The molecule has 7 nitrogen and oxygen atoms in total. The number of halogens is 1.